The lowest BCUT2D eigenvalue weighted by molar-refractivity contribution is 0.0860. The molecule has 1 aromatic carbocycles. The Morgan fingerprint density at radius 3 is 2.81 bits per heavy atom. The molecule has 0 saturated carbocycles. The highest BCUT2D eigenvalue weighted by atomic mass is 19.1. The first-order valence-corrected chi connectivity index (χ1v) is 6.23. The molecule has 2 heterocycles. The van der Waals surface area contributed by atoms with Gasteiger partial charge in [0.05, 0.1) is 0 Å². The number of nitrogens with one attached hydrogen (secondary N) is 1. The second-order valence-corrected chi connectivity index (χ2v) is 4.43. The second kappa shape index (κ2) is 5.31. The topological polar surface area (TPSA) is 93.9 Å². The Morgan fingerprint density at radius 2 is 2.10 bits per heavy atom. The molecular formula is C13H11FN4O3. The summed E-state index contributed by atoms with van der Waals surface area (Å²) in [6.45, 7) is 1.30. The van der Waals surface area contributed by atoms with Crippen molar-refractivity contribution >= 4 is 11.3 Å². The maximum Gasteiger partial charge on any atom is 0.271 e. The van der Waals surface area contributed by atoms with Crippen molar-refractivity contribution in [2.45, 2.75) is 19.7 Å². The molecule has 3 aromatic rings. The lowest BCUT2D eigenvalue weighted by Gasteiger charge is -2.07. The summed E-state index contributed by atoms with van der Waals surface area (Å²) in [5.41, 5.74) is 1.24. The zero-order valence-corrected chi connectivity index (χ0v) is 11.0. The average molecular weight is 290 g/mol. The van der Waals surface area contributed by atoms with Crippen molar-refractivity contribution in [1.82, 2.24) is 20.3 Å². The van der Waals surface area contributed by atoms with Crippen LogP contribution in [0.5, 0.6) is 5.75 Å². The standard InChI is InChI=1S/C13H11FN4O3/c1-7(14)20-9-4-2-8(3-5-9)6-10-13(19)16-12-11(15-10)17-21-18-12/h2-5,7H,6H2,1H3,(H,16,18,19). The summed E-state index contributed by atoms with van der Waals surface area (Å²) in [7, 11) is 0. The zero-order chi connectivity index (χ0) is 14.8. The Kier molecular flexibility index (Phi) is 3.35. The van der Waals surface area contributed by atoms with Gasteiger partial charge in [-0.15, -0.1) is 0 Å². The molecule has 108 valence electrons. The molecule has 0 aliphatic carbocycles. The summed E-state index contributed by atoms with van der Waals surface area (Å²) < 4.78 is 22.1. The molecule has 0 saturated heterocycles. The van der Waals surface area contributed by atoms with Crippen molar-refractivity contribution in [1.29, 1.82) is 0 Å². The van der Waals surface area contributed by atoms with Gasteiger partial charge in [0.2, 0.25) is 17.7 Å². The van der Waals surface area contributed by atoms with E-state index < -0.39 is 6.36 Å². The molecule has 3 rings (SSSR count). The van der Waals surface area contributed by atoms with E-state index in [2.05, 4.69) is 24.9 Å². The molecule has 1 N–H and O–H groups in total. The van der Waals surface area contributed by atoms with Gasteiger partial charge in [0.1, 0.15) is 11.4 Å². The largest absolute Gasteiger partial charge is 0.461 e. The van der Waals surface area contributed by atoms with Gasteiger partial charge >= 0.3 is 0 Å². The van der Waals surface area contributed by atoms with Gasteiger partial charge in [-0.3, -0.25) is 9.78 Å². The van der Waals surface area contributed by atoms with E-state index in [0.717, 1.165) is 5.56 Å². The monoisotopic (exact) mass is 290 g/mol. The molecule has 0 radical (unpaired) electrons. The van der Waals surface area contributed by atoms with E-state index in [1.54, 1.807) is 24.3 Å². The van der Waals surface area contributed by atoms with Crippen molar-refractivity contribution < 1.29 is 13.8 Å². The smallest absolute Gasteiger partial charge is 0.271 e. The fourth-order valence-electron chi connectivity index (χ4n) is 1.88. The first kappa shape index (κ1) is 13.2. The molecule has 1 atom stereocenters. The first-order valence-electron chi connectivity index (χ1n) is 6.23. The van der Waals surface area contributed by atoms with Crippen LogP contribution in [0.3, 0.4) is 0 Å². The number of nitrogens with zero attached hydrogens (tertiary/aromatic N) is 3. The van der Waals surface area contributed by atoms with Gasteiger partial charge in [0, 0.05) is 13.3 Å². The number of benzene rings is 1. The summed E-state index contributed by atoms with van der Waals surface area (Å²) in [5.74, 6) is 0.423. The number of ether oxygens (including phenoxy) is 1. The third kappa shape index (κ3) is 2.88. The molecule has 7 nitrogen and oxygen atoms in total. The van der Waals surface area contributed by atoms with Gasteiger partial charge in [-0.1, -0.05) is 12.1 Å². The van der Waals surface area contributed by atoms with E-state index in [-0.39, 0.29) is 16.9 Å². The third-order valence-electron chi connectivity index (χ3n) is 2.80. The molecule has 2 aromatic heterocycles. The number of halogens is 1. The molecule has 0 amide bonds. The highest BCUT2D eigenvalue weighted by molar-refractivity contribution is 5.62. The molecule has 0 fully saturated rings. The molecule has 21 heavy (non-hydrogen) atoms. The van der Waals surface area contributed by atoms with Crippen LogP contribution in [0, 0.1) is 0 Å². The quantitative estimate of drug-likeness (QED) is 0.784. The van der Waals surface area contributed by atoms with Crippen LogP contribution in [-0.4, -0.2) is 26.6 Å². The van der Waals surface area contributed by atoms with Crippen LogP contribution in [-0.2, 0) is 6.42 Å². The normalized spacial score (nSPS) is 12.5. The van der Waals surface area contributed by atoms with E-state index in [0.29, 0.717) is 17.9 Å². The highest BCUT2D eigenvalue weighted by Crippen LogP contribution is 2.15. The fourth-order valence-corrected chi connectivity index (χ4v) is 1.88. The predicted octanol–water partition coefficient (Wildman–Crippen LogP) is 1.59. The Morgan fingerprint density at radius 1 is 1.33 bits per heavy atom. The van der Waals surface area contributed by atoms with Gasteiger partial charge in [-0.2, -0.15) is 0 Å². The number of aromatic amines is 1. The molecule has 0 bridgehead atoms. The molecule has 0 spiro atoms. The van der Waals surface area contributed by atoms with Crippen LogP contribution in [0.2, 0.25) is 0 Å². The van der Waals surface area contributed by atoms with Crippen LogP contribution in [0.4, 0.5) is 4.39 Å². The molecule has 0 aliphatic heterocycles. The van der Waals surface area contributed by atoms with E-state index in [9.17, 15) is 9.18 Å². The molecule has 1 unspecified atom stereocenters. The number of H-pyrrole nitrogens is 1. The molecule has 0 aliphatic rings. The minimum absolute atomic E-state index is 0.212. The minimum atomic E-state index is -1.37. The van der Waals surface area contributed by atoms with Gasteiger partial charge in [-0.05, 0) is 28.0 Å². The van der Waals surface area contributed by atoms with E-state index in [1.165, 1.54) is 6.92 Å². The van der Waals surface area contributed by atoms with E-state index in [4.69, 9.17) is 4.74 Å². The Bertz CT molecular complexity index is 810. The zero-order valence-electron chi connectivity index (χ0n) is 11.0. The summed E-state index contributed by atoms with van der Waals surface area (Å²) in [5, 5.41) is 7.09. The van der Waals surface area contributed by atoms with Crippen molar-refractivity contribution in [2.24, 2.45) is 0 Å². The number of hydrogen-bond donors (Lipinski definition) is 1. The third-order valence-corrected chi connectivity index (χ3v) is 2.80. The predicted molar refractivity (Wildman–Crippen MR) is 70.7 cm³/mol. The summed E-state index contributed by atoms with van der Waals surface area (Å²) in [6.07, 6.45) is -1.06. The van der Waals surface area contributed by atoms with Gasteiger partial charge in [0.15, 0.2) is 0 Å². The van der Waals surface area contributed by atoms with Gasteiger partial charge in [0.25, 0.3) is 5.56 Å². The Balaban J connectivity index is 1.84. The summed E-state index contributed by atoms with van der Waals surface area (Å²) in [6, 6.07) is 6.75. The maximum atomic E-state index is 12.7. The van der Waals surface area contributed by atoms with Crippen LogP contribution >= 0.6 is 0 Å². The average Bonchev–Trinajstić information content (AvgIpc) is 2.88. The minimum Gasteiger partial charge on any atom is -0.461 e. The Hall–Kier alpha value is -2.77. The number of rotatable bonds is 4. The van der Waals surface area contributed by atoms with Gasteiger partial charge < -0.3 is 4.74 Å². The lowest BCUT2D eigenvalue weighted by atomic mass is 10.1. The second-order valence-electron chi connectivity index (χ2n) is 4.43. The highest BCUT2D eigenvalue weighted by Gasteiger charge is 2.10. The summed E-state index contributed by atoms with van der Waals surface area (Å²) in [4.78, 5) is 18.5. The van der Waals surface area contributed by atoms with E-state index in [1.807, 2.05) is 0 Å². The SMILES string of the molecule is CC(F)Oc1ccc(Cc2nc3nonc3[nH]c2=O)cc1. The number of aromatic nitrogens is 4. The van der Waals surface area contributed by atoms with Crippen LogP contribution in [0.15, 0.2) is 33.7 Å². The summed E-state index contributed by atoms with van der Waals surface area (Å²) >= 11 is 0. The Labute approximate surface area is 117 Å². The van der Waals surface area contributed by atoms with Crippen molar-refractivity contribution in [2.75, 3.05) is 0 Å². The number of alkyl halides is 1. The van der Waals surface area contributed by atoms with Crippen molar-refractivity contribution in [3.8, 4) is 5.75 Å². The first-order chi connectivity index (χ1) is 10.1. The number of hydrogen-bond acceptors (Lipinski definition) is 6. The lowest BCUT2D eigenvalue weighted by Crippen LogP contribution is -2.15. The molecular weight excluding hydrogens is 279 g/mol. The van der Waals surface area contributed by atoms with Crippen molar-refractivity contribution in [3.63, 3.8) is 0 Å². The molecule has 8 heteroatoms. The van der Waals surface area contributed by atoms with Crippen LogP contribution in [0.1, 0.15) is 18.2 Å². The maximum absolute atomic E-state index is 12.7. The van der Waals surface area contributed by atoms with Crippen molar-refractivity contribution in [3.05, 3.63) is 45.9 Å². The van der Waals surface area contributed by atoms with Gasteiger partial charge in [-0.25, -0.2) is 14.0 Å². The van der Waals surface area contributed by atoms with E-state index >= 15 is 0 Å². The van der Waals surface area contributed by atoms with Crippen LogP contribution < -0.4 is 10.3 Å². The fraction of sp³-hybridized carbons (Fsp3) is 0.231. The van der Waals surface area contributed by atoms with Crippen LogP contribution in [0.25, 0.3) is 11.3 Å². The number of fused-ring (bicyclic) bond motifs is 1.